The van der Waals surface area contributed by atoms with Crippen molar-refractivity contribution in [2.24, 2.45) is 11.8 Å². The Morgan fingerprint density at radius 3 is 2.36 bits per heavy atom. The summed E-state index contributed by atoms with van der Waals surface area (Å²) >= 11 is 1.32. The number of hydrogen-bond donors (Lipinski definition) is 2. The molecule has 0 aliphatic heterocycles. The van der Waals surface area contributed by atoms with Crippen molar-refractivity contribution in [1.82, 2.24) is 10.6 Å². The van der Waals surface area contributed by atoms with Gasteiger partial charge in [-0.15, -0.1) is 11.3 Å². The van der Waals surface area contributed by atoms with Crippen LogP contribution in [0.3, 0.4) is 0 Å². The lowest BCUT2D eigenvalue weighted by atomic mass is 10.0. The third-order valence-corrected chi connectivity index (χ3v) is 4.07. The maximum absolute atomic E-state index is 12.4. The Bertz CT molecular complexity index is 497. The van der Waals surface area contributed by atoms with Gasteiger partial charge in [-0.3, -0.25) is 9.59 Å². The molecule has 22 heavy (non-hydrogen) atoms. The van der Waals surface area contributed by atoms with Gasteiger partial charge in [0.15, 0.2) is 0 Å². The van der Waals surface area contributed by atoms with Crippen LogP contribution in [-0.2, 0) is 9.59 Å². The van der Waals surface area contributed by atoms with E-state index in [0.29, 0.717) is 17.2 Å². The average Bonchev–Trinajstić information content (AvgIpc) is 2.96. The van der Waals surface area contributed by atoms with Gasteiger partial charge >= 0.3 is 0 Å². The molecule has 6 heteroatoms. The van der Waals surface area contributed by atoms with Crippen molar-refractivity contribution < 1.29 is 14.4 Å². The second kappa shape index (κ2) is 8.68. The molecular weight excluding hydrogens is 300 g/mol. The Balaban J connectivity index is 2.71. The van der Waals surface area contributed by atoms with Gasteiger partial charge in [0, 0.05) is 0 Å². The van der Waals surface area contributed by atoms with Crippen LogP contribution in [-0.4, -0.2) is 30.2 Å². The highest BCUT2D eigenvalue weighted by atomic mass is 32.1. The molecule has 0 bridgehead atoms. The first-order valence-corrected chi connectivity index (χ1v) is 8.33. The smallest absolute Gasteiger partial charge is 0.262 e. The number of amides is 2. The molecule has 1 heterocycles. The van der Waals surface area contributed by atoms with Crippen molar-refractivity contribution in [3.8, 4) is 0 Å². The molecule has 0 spiro atoms. The molecule has 2 atom stereocenters. The van der Waals surface area contributed by atoms with Crippen molar-refractivity contribution in [3.63, 3.8) is 0 Å². The summed E-state index contributed by atoms with van der Waals surface area (Å²) in [5.41, 5.74) is 0. The zero-order valence-corrected chi connectivity index (χ0v) is 14.3. The highest BCUT2D eigenvalue weighted by molar-refractivity contribution is 7.12. The Labute approximate surface area is 135 Å². The first-order chi connectivity index (χ1) is 10.3. The third kappa shape index (κ3) is 5.60. The fourth-order valence-corrected chi connectivity index (χ4v) is 2.71. The fraction of sp³-hybridized carbons (Fsp3) is 0.562. The van der Waals surface area contributed by atoms with E-state index in [1.165, 1.54) is 11.3 Å². The molecule has 0 aliphatic carbocycles. The fourth-order valence-electron chi connectivity index (χ4n) is 2.08. The molecule has 1 aromatic rings. The molecule has 2 amide bonds. The average molecular weight is 324 g/mol. The van der Waals surface area contributed by atoms with E-state index in [1.807, 2.05) is 33.1 Å². The molecule has 5 nitrogen and oxygen atoms in total. The molecule has 0 aromatic carbocycles. The van der Waals surface area contributed by atoms with E-state index in [4.69, 9.17) is 0 Å². The molecule has 1 rings (SSSR count). The van der Waals surface area contributed by atoms with Crippen molar-refractivity contribution in [1.29, 1.82) is 0 Å². The molecule has 122 valence electrons. The van der Waals surface area contributed by atoms with Crippen LogP contribution in [0.4, 0.5) is 0 Å². The summed E-state index contributed by atoms with van der Waals surface area (Å²) in [6, 6.07) is 2.31. The summed E-state index contributed by atoms with van der Waals surface area (Å²) in [4.78, 5) is 36.1. The predicted molar refractivity (Wildman–Crippen MR) is 87.9 cm³/mol. The standard InChI is InChI=1S/C16H24N2O3S/c1-10(2)8-12(9-19)17-16(21)14(11(3)4)18-15(20)13-6-5-7-22-13/h5-7,9-12,14H,8H2,1-4H3,(H,17,21)(H,18,20)/t12-,14-/m0/s1. The van der Waals surface area contributed by atoms with Crippen LogP contribution in [0.5, 0.6) is 0 Å². The Kier molecular flexibility index (Phi) is 7.24. The van der Waals surface area contributed by atoms with Crippen LogP contribution in [0.15, 0.2) is 17.5 Å². The van der Waals surface area contributed by atoms with Crippen molar-refractivity contribution >= 4 is 29.4 Å². The summed E-state index contributed by atoms with van der Waals surface area (Å²) in [5, 5.41) is 7.27. The topological polar surface area (TPSA) is 75.3 Å². The lowest BCUT2D eigenvalue weighted by Gasteiger charge is -2.24. The second-order valence-corrected chi connectivity index (χ2v) is 7.00. The van der Waals surface area contributed by atoms with E-state index in [1.54, 1.807) is 12.1 Å². The van der Waals surface area contributed by atoms with Gasteiger partial charge < -0.3 is 15.4 Å². The molecule has 0 aliphatic rings. The molecule has 0 saturated heterocycles. The van der Waals surface area contributed by atoms with E-state index in [-0.39, 0.29) is 17.7 Å². The van der Waals surface area contributed by atoms with Gasteiger partial charge in [-0.1, -0.05) is 33.8 Å². The van der Waals surface area contributed by atoms with Crippen LogP contribution >= 0.6 is 11.3 Å². The van der Waals surface area contributed by atoms with Crippen molar-refractivity contribution in [2.75, 3.05) is 0 Å². The van der Waals surface area contributed by atoms with Crippen LogP contribution in [0, 0.1) is 11.8 Å². The molecule has 1 aromatic heterocycles. The number of carbonyl (C=O) groups is 3. The van der Waals surface area contributed by atoms with Gasteiger partial charge in [0.05, 0.1) is 10.9 Å². The quantitative estimate of drug-likeness (QED) is 0.720. The second-order valence-electron chi connectivity index (χ2n) is 6.05. The Morgan fingerprint density at radius 2 is 1.91 bits per heavy atom. The van der Waals surface area contributed by atoms with E-state index in [0.717, 1.165) is 6.29 Å². The third-order valence-electron chi connectivity index (χ3n) is 3.20. The van der Waals surface area contributed by atoms with E-state index in [2.05, 4.69) is 10.6 Å². The molecule has 0 unspecified atom stereocenters. The van der Waals surface area contributed by atoms with Crippen LogP contribution < -0.4 is 10.6 Å². The minimum absolute atomic E-state index is 0.0738. The molecule has 2 N–H and O–H groups in total. The first kappa shape index (κ1) is 18.4. The minimum Gasteiger partial charge on any atom is -0.345 e. The maximum atomic E-state index is 12.4. The summed E-state index contributed by atoms with van der Waals surface area (Å²) in [5.74, 6) is -0.364. The number of carbonyl (C=O) groups excluding carboxylic acids is 3. The van der Waals surface area contributed by atoms with Gasteiger partial charge in [-0.25, -0.2) is 0 Å². The highest BCUT2D eigenvalue weighted by Gasteiger charge is 2.26. The Hall–Kier alpha value is -1.69. The lowest BCUT2D eigenvalue weighted by molar-refractivity contribution is -0.126. The number of nitrogens with one attached hydrogen (secondary N) is 2. The molecule has 0 saturated carbocycles. The summed E-state index contributed by atoms with van der Waals surface area (Å²) in [6.45, 7) is 7.69. The lowest BCUT2D eigenvalue weighted by Crippen LogP contribution is -2.52. The largest absolute Gasteiger partial charge is 0.345 e. The SMILES string of the molecule is CC(C)C[C@@H](C=O)NC(=O)[C@@H](NC(=O)c1cccs1)C(C)C. The van der Waals surface area contributed by atoms with E-state index >= 15 is 0 Å². The summed E-state index contributed by atoms with van der Waals surface area (Å²) in [6.07, 6.45) is 1.33. The number of rotatable bonds is 8. The summed E-state index contributed by atoms with van der Waals surface area (Å²) in [7, 11) is 0. The molecular formula is C16H24N2O3S. The van der Waals surface area contributed by atoms with Gasteiger partial charge in [-0.2, -0.15) is 0 Å². The van der Waals surface area contributed by atoms with Crippen LogP contribution in [0.25, 0.3) is 0 Å². The van der Waals surface area contributed by atoms with Gasteiger partial charge in [0.1, 0.15) is 12.3 Å². The first-order valence-electron chi connectivity index (χ1n) is 7.45. The van der Waals surface area contributed by atoms with Gasteiger partial charge in [0.2, 0.25) is 5.91 Å². The van der Waals surface area contributed by atoms with Crippen molar-refractivity contribution in [2.45, 2.75) is 46.2 Å². The van der Waals surface area contributed by atoms with E-state index < -0.39 is 12.1 Å². The maximum Gasteiger partial charge on any atom is 0.262 e. The Morgan fingerprint density at radius 1 is 1.23 bits per heavy atom. The summed E-state index contributed by atoms with van der Waals surface area (Å²) < 4.78 is 0. The number of thiophene rings is 1. The van der Waals surface area contributed by atoms with Gasteiger partial charge in [0.25, 0.3) is 5.91 Å². The normalized spacial score (nSPS) is 13.7. The highest BCUT2D eigenvalue weighted by Crippen LogP contribution is 2.11. The van der Waals surface area contributed by atoms with E-state index in [9.17, 15) is 14.4 Å². The van der Waals surface area contributed by atoms with Gasteiger partial charge in [-0.05, 0) is 29.7 Å². The predicted octanol–water partition coefficient (Wildman–Crippen LogP) is 2.23. The zero-order chi connectivity index (χ0) is 16.7. The zero-order valence-electron chi connectivity index (χ0n) is 13.5. The van der Waals surface area contributed by atoms with Crippen LogP contribution in [0.2, 0.25) is 0 Å². The molecule has 0 fully saturated rings. The number of hydrogen-bond acceptors (Lipinski definition) is 4. The van der Waals surface area contributed by atoms with Crippen molar-refractivity contribution in [3.05, 3.63) is 22.4 Å². The molecule has 0 radical (unpaired) electrons. The monoisotopic (exact) mass is 324 g/mol. The number of aldehydes is 1. The van der Waals surface area contributed by atoms with Crippen LogP contribution in [0.1, 0.15) is 43.8 Å². The minimum atomic E-state index is -0.663.